The van der Waals surface area contributed by atoms with Crippen LogP contribution >= 0.6 is 0 Å². The zero-order chi connectivity index (χ0) is 41.1. The molecule has 6 rings (SSSR count). The van der Waals surface area contributed by atoms with Crippen LogP contribution in [-0.2, 0) is 40.8 Å². The molecular formula is C43H44F4N2O7S. The fourth-order valence-electron chi connectivity index (χ4n) is 6.43. The largest absolute Gasteiger partial charge is 0.573 e. The number of hydrogen-bond donors (Lipinski definition) is 0. The zero-order valence-electron chi connectivity index (χ0n) is 32.2. The Bertz CT molecular complexity index is 2250. The van der Waals surface area contributed by atoms with Crippen molar-refractivity contribution in [2.45, 2.75) is 76.5 Å². The third kappa shape index (κ3) is 10.5. The predicted molar refractivity (Wildman–Crippen MR) is 206 cm³/mol. The molecule has 1 aromatic heterocycles. The Kier molecular flexibility index (Phi) is 12.1. The summed E-state index contributed by atoms with van der Waals surface area (Å²) in [6, 6.07) is 24.6. The van der Waals surface area contributed by atoms with E-state index >= 15 is 4.39 Å². The molecule has 0 bridgehead atoms. The minimum Gasteiger partial charge on any atom is -0.497 e. The van der Waals surface area contributed by atoms with Crippen LogP contribution < -0.4 is 14.2 Å². The van der Waals surface area contributed by atoms with Gasteiger partial charge in [0.15, 0.2) is 0 Å². The average Bonchev–Trinajstić information content (AvgIpc) is 3.90. The predicted octanol–water partition coefficient (Wildman–Crippen LogP) is 9.56. The number of methoxy groups -OCH3 is 2. The van der Waals surface area contributed by atoms with Gasteiger partial charge < -0.3 is 23.5 Å². The molecule has 0 radical (unpaired) electrons. The minimum atomic E-state index is -4.88. The van der Waals surface area contributed by atoms with Gasteiger partial charge in [0.25, 0.3) is 0 Å². The third-order valence-corrected chi connectivity index (χ3v) is 11.2. The lowest BCUT2D eigenvalue weighted by atomic mass is 10.1. The summed E-state index contributed by atoms with van der Waals surface area (Å²) >= 11 is 0. The summed E-state index contributed by atoms with van der Waals surface area (Å²) in [6.07, 6.45) is -2.48. The van der Waals surface area contributed by atoms with Gasteiger partial charge in [-0.15, -0.1) is 13.2 Å². The molecule has 1 fully saturated rings. The Morgan fingerprint density at radius 1 is 0.772 bits per heavy atom. The summed E-state index contributed by atoms with van der Waals surface area (Å²) in [5, 5.41) is 0. The number of carbonyl (C=O) groups is 1. The molecule has 1 aliphatic rings. The van der Waals surface area contributed by atoms with Crippen LogP contribution in [0.25, 0.3) is 11.3 Å². The molecule has 5 aromatic rings. The van der Waals surface area contributed by atoms with Crippen LogP contribution in [0, 0.1) is 11.7 Å². The van der Waals surface area contributed by atoms with Crippen molar-refractivity contribution < 1.29 is 49.7 Å². The van der Waals surface area contributed by atoms with Crippen molar-refractivity contribution in [3.8, 4) is 28.5 Å². The third-order valence-electron chi connectivity index (χ3n) is 9.38. The summed E-state index contributed by atoms with van der Waals surface area (Å²) in [7, 11) is -1.36. The van der Waals surface area contributed by atoms with Gasteiger partial charge >= 0.3 is 12.3 Å². The van der Waals surface area contributed by atoms with E-state index in [0.29, 0.717) is 57.5 Å². The van der Waals surface area contributed by atoms with Crippen LogP contribution in [0.5, 0.6) is 17.2 Å². The molecule has 0 spiro atoms. The van der Waals surface area contributed by atoms with E-state index in [4.69, 9.17) is 14.2 Å². The van der Waals surface area contributed by atoms with E-state index in [1.54, 1.807) is 75.4 Å². The Morgan fingerprint density at radius 2 is 1.30 bits per heavy atom. The van der Waals surface area contributed by atoms with E-state index in [2.05, 4.69) is 4.74 Å². The molecule has 0 N–H and O–H groups in total. The van der Waals surface area contributed by atoms with Crippen molar-refractivity contribution in [1.82, 2.24) is 8.87 Å². The number of benzene rings is 4. The van der Waals surface area contributed by atoms with Crippen LogP contribution in [0.1, 0.15) is 66.4 Å². The Morgan fingerprint density at radius 3 is 1.77 bits per heavy atom. The smallest absolute Gasteiger partial charge is 0.497 e. The van der Waals surface area contributed by atoms with Gasteiger partial charge in [0.1, 0.15) is 33.6 Å². The Labute approximate surface area is 329 Å². The Hall–Kier alpha value is -5.34. The summed E-state index contributed by atoms with van der Waals surface area (Å²) in [5.41, 5.74) is 2.76. The second-order valence-corrected chi connectivity index (χ2v) is 16.8. The lowest BCUT2D eigenvalue weighted by Crippen LogP contribution is -2.31. The van der Waals surface area contributed by atoms with Crippen molar-refractivity contribution in [3.63, 3.8) is 0 Å². The van der Waals surface area contributed by atoms with E-state index in [9.17, 15) is 26.4 Å². The first kappa shape index (κ1) is 41.3. The van der Waals surface area contributed by atoms with Crippen LogP contribution in [0.2, 0.25) is 0 Å². The molecule has 0 saturated heterocycles. The topological polar surface area (TPSA) is 96.3 Å². The molecule has 1 saturated carbocycles. The monoisotopic (exact) mass is 808 g/mol. The van der Waals surface area contributed by atoms with Gasteiger partial charge in [-0.3, -0.25) is 0 Å². The summed E-state index contributed by atoms with van der Waals surface area (Å²) in [6.45, 7) is 5.14. The highest BCUT2D eigenvalue weighted by Gasteiger charge is 2.33. The number of nitrogens with zero attached hydrogens (tertiary/aromatic N) is 2. The number of aromatic nitrogens is 1. The van der Waals surface area contributed by atoms with Gasteiger partial charge in [-0.2, -0.15) is 4.31 Å². The molecule has 14 heteroatoms. The number of alkyl halides is 3. The molecule has 0 atom stereocenters. The minimum absolute atomic E-state index is 0.0135. The molecule has 0 aliphatic heterocycles. The summed E-state index contributed by atoms with van der Waals surface area (Å²) in [4.78, 5) is 13.1. The molecule has 0 unspecified atom stereocenters. The molecule has 9 nitrogen and oxygen atoms in total. The fraction of sp³-hybridized carbons (Fsp3) is 0.326. The SMILES string of the molecule is COc1ccc(CN(Cc2ccc(OC)cc2)S(=O)(=O)c2ccc(Cn3c(-c4ccc(OC(F)(F)F)cc4)cc(C(=O)OC(C)(C)C)c3CC3CC3)cc2F)cc1. The van der Waals surface area contributed by atoms with Crippen LogP contribution in [-0.4, -0.2) is 49.4 Å². The van der Waals surface area contributed by atoms with E-state index in [1.807, 2.05) is 4.57 Å². The first-order chi connectivity index (χ1) is 26.9. The number of rotatable bonds is 15. The van der Waals surface area contributed by atoms with Gasteiger partial charge in [-0.25, -0.2) is 17.6 Å². The number of esters is 1. The quantitative estimate of drug-likeness (QED) is 0.0768. The van der Waals surface area contributed by atoms with Gasteiger partial charge in [0.05, 0.1) is 19.8 Å². The fourth-order valence-corrected chi connectivity index (χ4v) is 7.89. The van der Waals surface area contributed by atoms with E-state index in [0.717, 1.165) is 18.9 Å². The van der Waals surface area contributed by atoms with Crippen molar-refractivity contribution >= 4 is 16.0 Å². The highest BCUT2D eigenvalue weighted by atomic mass is 32.2. The zero-order valence-corrected chi connectivity index (χ0v) is 33.0. The van der Waals surface area contributed by atoms with E-state index in [1.165, 1.54) is 54.9 Å². The lowest BCUT2D eigenvalue weighted by molar-refractivity contribution is -0.274. The van der Waals surface area contributed by atoms with E-state index < -0.39 is 44.4 Å². The maximum absolute atomic E-state index is 16.3. The molecule has 4 aromatic carbocycles. The highest BCUT2D eigenvalue weighted by molar-refractivity contribution is 7.89. The summed E-state index contributed by atoms with van der Waals surface area (Å²) in [5.74, 6) is -0.468. The van der Waals surface area contributed by atoms with Crippen LogP contribution in [0.4, 0.5) is 17.6 Å². The lowest BCUT2D eigenvalue weighted by Gasteiger charge is -2.23. The average molecular weight is 809 g/mol. The molecule has 302 valence electrons. The van der Waals surface area contributed by atoms with Gasteiger partial charge in [0.2, 0.25) is 10.0 Å². The van der Waals surface area contributed by atoms with E-state index in [-0.39, 0.29) is 25.2 Å². The second kappa shape index (κ2) is 16.6. The number of hydrogen-bond acceptors (Lipinski definition) is 7. The highest BCUT2D eigenvalue weighted by Crippen LogP contribution is 2.38. The van der Waals surface area contributed by atoms with Crippen LogP contribution in [0.3, 0.4) is 0 Å². The molecule has 0 amide bonds. The molecule has 57 heavy (non-hydrogen) atoms. The first-order valence-corrected chi connectivity index (χ1v) is 19.7. The first-order valence-electron chi connectivity index (χ1n) is 18.3. The molecule has 1 aliphatic carbocycles. The van der Waals surface area contributed by atoms with Crippen molar-refractivity contribution in [1.29, 1.82) is 0 Å². The summed E-state index contributed by atoms with van der Waals surface area (Å²) < 4.78 is 107. The number of ether oxygens (including phenoxy) is 4. The maximum Gasteiger partial charge on any atom is 0.573 e. The van der Waals surface area contributed by atoms with Gasteiger partial charge in [-0.1, -0.05) is 30.3 Å². The van der Waals surface area contributed by atoms with Crippen molar-refractivity contribution in [2.75, 3.05) is 14.2 Å². The second-order valence-electron chi connectivity index (χ2n) is 14.9. The maximum atomic E-state index is 16.3. The van der Waals surface area contributed by atoms with Crippen molar-refractivity contribution in [3.05, 3.63) is 131 Å². The molecule has 1 heterocycles. The van der Waals surface area contributed by atoms with Crippen molar-refractivity contribution in [2.24, 2.45) is 5.92 Å². The van der Waals surface area contributed by atoms with Gasteiger partial charge in [0, 0.05) is 31.0 Å². The standard InChI is InChI=1S/C43H44F4N2O7S/c1-42(2,3)56-41(50)36-24-38(32-13-19-35(20-14-32)55-43(45,46)47)49(39(36)23-28-6-7-28)27-31-12-21-40(37(44)22-31)57(51,52)48(25-29-8-15-33(53-4)16-9-29)26-30-10-17-34(54-5)18-11-30/h8-22,24,28H,6-7,23,25-27H2,1-5H3. The normalized spacial score (nSPS) is 13.4. The molecular weight excluding hydrogens is 765 g/mol. The number of carbonyl (C=O) groups excluding carboxylic acids is 1. The number of sulfonamides is 1. The van der Waals surface area contributed by atoms with Gasteiger partial charge in [-0.05, 0) is 135 Å². The van der Waals surface area contributed by atoms with Crippen LogP contribution in [0.15, 0.2) is 102 Å². The Balaban J connectivity index is 1.37. The number of halogens is 4.